The van der Waals surface area contributed by atoms with Gasteiger partial charge in [0, 0.05) is 24.6 Å². The maximum Gasteiger partial charge on any atom is 0.234 e. The van der Waals surface area contributed by atoms with Gasteiger partial charge >= 0.3 is 0 Å². The topological polar surface area (TPSA) is 70.7 Å². The average molecular weight is 286 g/mol. The van der Waals surface area contributed by atoms with E-state index in [2.05, 4.69) is 10.3 Å². The van der Waals surface area contributed by atoms with Gasteiger partial charge in [0.1, 0.15) is 0 Å². The zero-order valence-electron chi connectivity index (χ0n) is 11.0. The number of nitrogens with one attached hydrogen (secondary N) is 1. The molecule has 1 aromatic heterocycles. The molecule has 2 aromatic rings. The molecule has 1 aromatic carbocycles. The number of carbonyl (C=O) groups is 1. The maximum absolute atomic E-state index is 11.9. The Kier molecular flexibility index (Phi) is 4.80. The molecule has 20 heavy (non-hydrogen) atoms. The predicted molar refractivity (Wildman–Crippen MR) is 78.4 cm³/mol. The van der Waals surface area contributed by atoms with Crippen LogP contribution in [0.1, 0.15) is 12.5 Å². The largest absolute Gasteiger partial charge is 0.326 e. The van der Waals surface area contributed by atoms with Crippen LogP contribution in [0.5, 0.6) is 0 Å². The predicted octanol–water partition coefficient (Wildman–Crippen LogP) is 2.51. The van der Waals surface area contributed by atoms with Crippen molar-refractivity contribution in [2.45, 2.75) is 18.6 Å². The van der Waals surface area contributed by atoms with Crippen LogP contribution in [0.2, 0.25) is 0 Å². The molecular formula is C14H14N4OS. The van der Waals surface area contributed by atoms with Crippen molar-refractivity contribution in [3.63, 3.8) is 0 Å². The van der Waals surface area contributed by atoms with E-state index in [9.17, 15) is 4.79 Å². The van der Waals surface area contributed by atoms with Gasteiger partial charge in [0.2, 0.25) is 5.91 Å². The van der Waals surface area contributed by atoms with Gasteiger partial charge in [-0.1, -0.05) is 17.8 Å². The summed E-state index contributed by atoms with van der Waals surface area (Å²) in [5.74, 6) is 0.170. The minimum absolute atomic E-state index is 0.115. The number of anilines is 1. The van der Waals surface area contributed by atoms with Gasteiger partial charge in [-0.2, -0.15) is 5.26 Å². The van der Waals surface area contributed by atoms with E-state index in [4.69, 9.17) is 5.26 Å². The van der Waals surface area contributed by atoms with Gasteiger partial charge in [0.25, 0.3) is 0 Å². The Labute approximate surface area is 121 Å². The highest BCUT2D eigenvalue weighted by molar-refractivity contribution is 7.99. The Balaban J connectivity index is 1.91. The summed E-state index contributed by atoms with van der Waals surface area (Å²) >= 11 is 1.39. The van der Waals surface area contributed by atoms with Gasteiger partial charge in [0.15, 0.2) is 5.16 Å². The van der Waals surface area contributed by atoms with Gasteiger partial charge in [-0.15, -0.1) is 0 Å². The van der Waals surface area contributed by atoms with E-state index in [0.29, 0.717) is 11.3 Å². The first kappa shape index (κ1) is 14.2. The fourth-order valence-corrected chi connectivity index (χ4v) is 2.49. The van der Waals surface area contributed by atoms with E-state index < -0.39 is 0 Å². The molecule has 0 unspecified atom stereocenters. The highest BCUT2D eigenvalue weighted by Crippen LogP contribution is 2.16. The molecule has 0 atom stereocenters. The second kappa shape index (κ2) is 6.78. The fourth-order valence-electron chi connectivity index (χ4n) is 1.67. The highest BCUT2D eigenvalue weighted by Gasteiger charge is 2.07. The van der Waals surface area contributed by atoms with Crippen LogP contribution in [0.15, 0.2) is 41.8 Å². The van der Waals surface area contributed by atoms with Crippen LogP contribution < -0.4 is 5.32 Å². The number of imidazole rings is 1. The van der Waals surface area contributed by atoms with Crippen LogP contribution in [0.4, 0.5) is 5.69 Å². The number of aromatic nitrogens is 2. The molecule has 1 N–H and O–H groups in total. The summed E-state index contributed by atoms with van der Waals surface area (Å²) in [6, 6.07) is 8.89. The number of nitriles is 1. The Bertz CT molecular complexity index is 645. The first-order valence-corrected chi connectivity index (χ1v) is 7.15. The SMILES string of the molecule is CCn1ccnc1SCC(=O)Nc1cccc(C#N)c1. The molecule has 0 fully saturated rings. The summed E-state index contributed by atoms with van der Waals surface area (Å²) in [4.78, 5) is 16.1. The summed E-state index contributed by atoms with van der Waals surface area (Å²) in [6.45, 7) is 2.85. The number of rotatable bonds is 5. The first-order chi connectivity index (χ1) is 9.72. The summed E-state index contributed by atoms with van der Waals surface area (Å²) in [7, 11) is 0. The number of aryl methyl sites for hydroxylation is 1. The van der Waals surface area contributed by atoms with Crippen LogP contribution in [0, 0.1) is 11.3 Å². The molecular weight excluding hydrogens is 272 g/mol. The standard InChI is InChI=1S/C14H14N4OS/c1-2-18-7-6-16-14(18)20-10-13(19)17-12-5-3-4-11(8-12)9-15/h3-8H,2,10H2,1H3,(H,17,19). The molecule has 102 valence electrons. The number of benzene rings is 1. The number of thioether (sulfide) groups is 1. The smallest absolute Gasteiger partial charge is 0.234 e. The van der Waals surface area contributed by atoms with Crippen molar-refractivity contribution in [2.75, 3.05) is 11.1 Å². The second-order valence-corrected chi connectivity index (χ2v) is 4.97. The minimum Gasteiger partial charge on any atom is -0.326 e. The third-order valence-electron chi connectivity index (χ3n) is 2.63. The molecule has 0 aliphatic carbocycles. The lowest BCUT2D eigenvalue weighted by atomic mass is 10.2. The molecule has 0 spiro atoms. The van der Waals surface area contributed by atoms with E-state index in [0.717, 1.165) is 11.7 Å². The molecule has 0 radical (unpaired) electrons. The fraction of sp³-hybridized carbons (Fsp3) is 0.214. The minimum atomic E-state index is -0.115. The Morgan fingerprint density at radius 2 is 2.40 bits per heavy atom. The molecule has 0 saturated carbocycles. The number of carbonyl (C=O) groups excluding carboxylic acids is 1. The van der Waals surface area contributed by atoms with Crippen molar-refractivity contribution in [3.05, 3.63) is 42.2 Å². The van der Waals surface area contributed by atoms with Crippen LogP contribution in [-0.2, 0) is 11.3 Å². The van der Waals surface area contributed by atoms with Crippen LogP contribution in [0.25, 0.3) is 0 Å². The van der Waals surface area contributed by atoms with Gasteiger partial charge in [-0.25, -0.2) is 4.98 Å². The molecule has 0 aliphatic heterocycles. The second-order valence-electron chi connectivity index (χ2n) is 4.03. The Morgan fingerprint density at radius 3 is 3.15 bits per heavy atom. The molecule has 5 nitrogen and oxygen atoms in total. The third kappa shape index (κ3) is 3.62. The summed E-state index contributed by atoms with van der Waals surface area (Å²) < 4.78 is 1.98. The molecule has 0 aliphatic rings. The van der Waals surface area contributed by atoms with Crippen molar-refractivity contribution in [1.82, 2.24) is 9.55 Å². The van der Waals surface area contributed by atoms with E-state index in [1.807, 2.05) is 23.8 Å². The molecule has 0 bridgehead atoms. The zero-order chi connectivity index (χ0) is 14.4. The molecule has 0 saturated heterocycles. The van der Waals surface area contributed by atoms with Crippen molar-refractivity contribution in [1.29, 1.82) is 5.26 Å². The van der Waals surface area contributed by atoms with Crippen molar-refractivity contribution in [2.24, 2.45) is 0 Å². The van der Waals surface area contributed by atoms with E-state index >= 15 is 0 Å². The summed E-state index contributed by atoms with van der Waals surface area (Å²) in [5, 5.41) is 12.4. The van der Waals surface area contributed by atoms with Gasteiger partial charge in [0.05, 0.1) is 17.4 Å². The van der Waals surface area contributed by atoms with Crippen LogP contribution >= 0.6 is 11.8 Å². The lowest BCUT2D eigenvalue weighted by Gasteiger charge is -2.06. The Hall–Kier alpha value is -2.26. The molecule has 1 amide bonds. The average Bonchev–Trinajstić information content (AvgIpc) is 2.93. The van der Waals surface area contributed by atoms with E-state index in [-0.39, 0.29) is 11.7 Å². The lowest BCUT2D eigenvalue weighted by molar-refractivity contribution is -0.113. The van der Waals surface area contributed by atoms with Crippen LogP contribution in [0.3, 0.4) is 0 Å². The quantitative estimate of drug-likeness (QED) is 0.857. The summed E-state index contributed by atoms with van der Waals surface area (Å²) in [5.41, 5.74) is 1.16. The highest BCUT2D eigenvalue weighted by atomic mass is 32.2. The maximum atomic E-state index is 11.9. The van der Waals surface area contributed by atoms with Gasteiger partial charge < -0.3 is 9.88 Å². The van der Waals surface area contributed by atoms with Crippen molar-refractivity contribution >= 4 is 23.4 Å². The normalized spacial score (nSPS) is 10.0. The van der Waals surface area contributed by atoms with Gasteiger partial charge in [-0.3, -0.25) is 4.79 Å². The monoisotopic (exact) mass is 286 g/mol. The number of nitrogens with zero attached hydrogens (tertiary/aromatic N) is 3. The number of hydrogen-bond acceptors (Lipinski definition) is 4. The molecule has 6 heteroatoms. The van der Waals surface area contributed by atoms with Crippen molar-refractivity contribution in [3.8, 4) is 6.07 Å². The van der Waals surface area contributed by atoms with Crippen LogP contribution in [-0.4, -0.2) is 21.2 Å². The molecule has 1 heterocycles. The molecule has 2 rings (SSSR count). The van der Waals surface area contributed by atoms with Crippen molar-refractivity contribution < 1.29 is 4.79 Å². The third-order valence-corrected chi connectivity index (χ3v) is 3.63. The van der Waals surface area contributed by atoms with Gasteiger partial charge in [-0.05, 0) is 25.1 Å². The number of amides is 1. The van der Waals surface area contributed by atoms with E-state index in [1.54, 1.807) is 30.5 Å². The van der Waals surface area contributed by atoms with E-state index in [1.165, 1.54) is 11.8 Å². The first-order valence-electron chi connectivity index (χ1n) is 6.17. The lowest BCUT2D eigenvalue weighted by Crippen LogP contribution is -2.14. The summed E-state index contributed by atoms with van der Waals surface area (Å²) in [6.07, 6.45) is 3.61. The Morgan fingerprint density at radius 1 is 1.55 bits per heavy atom. The zero-order valence-corrected chi connectivity index (χ0v) is 11.9. The number of hydrogen-bond donors (Lipinski definition) is 1.